The number of methoxy groups -OCH3 is 1. The van der Waals surface area contributed by atoms with E-state index >= 15 is 0 Å². The summed E-state index contributed by atoms with van der Waals surface area (Å²) < 4.78 is 57.8. The van der Waals surface area contributed by atoms with Crippen LogP contribution < -0.4 is 0 Å². The Balaban J connectivity index is 2.28. The molecular formula is C13H11F4NO3. The minimum absolute atomic E-state index is 0.0304. The van der Waals surface area contributed by atoms with Gasteiger partial charge in [0.25, 0.3) is 5.91 Å². The summed E-state index contributed by atoms with van der Waals surface area (Å²) in [6.07, 6.45) is 0.249. The molecule has 0 radical (unpaired) electrons. The van der Waals surface area contributed by atoms with E-state index in [4.69, 9.17) is 0 Å². The minimum Gasteiger partial charge on any atom is -0.469 e. The number of carbonyl (C=O) groups excluding carboxylic acids is 2. The van der Waals surface area contributed by atoms with E-state index in [0.717, 1.165) is 4.90 Å². The Kier molecular flexibility index (Phi) is 4.15. The van der Waals surface area contributed by atoms with Crippen LogP contribution in [0.4, 0.5) is 17.6 Å². The van der Waals surface area contributed by atoms with Crippen LogP contribution in [0.1, 0.15) is 16.8 Å². The van der Waals surface area contributed by atoms with Crippen molar-refractivity contribution >= 4 is 11.9 Å². The van der Waals surface area contributed by atoms with E-state index in [1.54, 1.807) is 0 Å². The normalized spacial score (nSPS) is 18.0. The predicted molar refractivity (Wildman–Crippen MR) is 62.3 cm³/mol. The number of nitrogens with zero attached hydrogens (tertiary/aromatic N) is 1. The highest BCUT2D eigenvalue weighted by molar-refractivity contribution is 5.95. The Morgan fingerprint density at radius 1 is 1.19 bits per heavy atom. The van der Waals surface area contributed by atoms with Gasteiger partial charge in [-0.15, -0.1) is 0 Å². The molecule has 1 atom stereocenters. The number of hydrogen-bond acceptors (Lipinski definition) is 3. The molecule has 1 aliphatic heterocycles. The highest BCUT2D eigenvalue weighted by Crippen LogP contribution is 2.24. The van der Waals surface area contributed by atoms with Crippen LogP contribution >= 0.6 is 0 Å². The summed E-state index contributed by atoms with van der Waals surface area (Å²) in [5.74, 6) is -9.18. The number of amides is 1. The van der Waals surface area contributed by atoms with E-state index in [2.05, 4.69) is 4.74 Å². The molecule has 1 aliphatic rings. The number of benzene rings is 1. The maximum atomic E-state index is 13.5. The van der Waals surface area contributed by atoms with Gasteiger partial charge in [0.2, 0.25) is 0 Å². The SMILES string of the molecule is COC(=O)[C@H]1CCN(C(=O)c2c(F)c(F)cc(F)c2F)C1. The standard InChI is InChI=1S/C13H11F4NO3/c1-21-13(20)6-2-3-18(5-6)12(19)9-10(16)7(14)4-8(15)11(9)17/h4,6H,2-3,5H2,1H3/t6-/m0/s1. The van der Waals surface area contributed by atoms with Crippen molar-refractivity contribution in [3.8, 4) is 0 Å². The van der Waals surface area contributed by atoms with Crippen molar-refractivity contribution in [1.82, 2.24) is 4.90 Å². The Morgan fingerprint density at radius 2 is 1.76 bits per heavy atom. The molecule has 0 unspecified atom stereocenters. The van der Waals surface area contributed by atoms with Gasteiger partial charge >= 0.3 is 5.97 Å². The van der Waals surface area contributed by atoms with Crippen molar-refractivity contribution in [2.45, 2.75) is 6.42 Å². The van der Waals surface area contributed by atoms with Gasteiger partial charge < -0.3 is 9.64 Å². The fourth-order valence-electron chi connectivity index (χ4n) is 2.22. The van der Waals surface area contributed by atoms with Crippen LogP contribution in [0.3, 0.4) is 0 Å². The third kappa shape index (κ3) is 2.70. The van der Waals surface area contributed by atoms with Gasteiger partial charge in [0.05, 0.1) is 13.0 Å². The zero-order valence-electron chi connectivity index (χ0n) is 11.0. The van der Waals surface area contributed by atoms with Crippen LogP contribution in [0.25, 0.3) is 0 Å². The van der Waals surface area contributed by atoms with Crippen LogP contribution in [-0.4, -0.2) is 37.0 Å². The van der Waals surface area contributed by atoms with Gasteiger partial charge in [-0.25, -0.2) is 17.6 Å². The number of ether oxygens (including phenoxy) is 1. The average Bonchev–Trinajstić information content (AvgIpc) is 2.94. The lowest BCUT2D eigenvalue weighted by Gasteiger charge is -2.17. The molecule has 1 amide bonds. The Bertz CT molecular complexity index is 579. The molecule has 1 aromatic rings. The third-order valence-corrected chi connectivity index (χ3v) is 3.34. The van der Waals surface area contributed by atoms with Crippen LogP contribution in [0.5, 0.6) is 0 Å². The summed E-state index contributed by atoms with van der Waals surface area (Å²) in [7, 11) is 1.17. The number of carbonyl (C=O) groups is 2. The summed E-state index contributed by atoms with van der Waals surface area (Å²) in [5, 5.41) is 0. The molecule has 1 heterocycles. The molecule has 114 valence electrons. The smallest absolute Gasteiger partial charge is 0.310 e. The van der Waals surface area contributed by atoms with Gasteiger partial charge in [0, 0.05) is 19.2 Å². The van der Waals surface area contributed by atoms with Crippen LogP contribution in [0.15, 0.2) is 6.07 Å². The topological polar surface area (TPSA) is 46.6 Å². The highest BCUT2D eigenvalue weighted by Gasteiger charge is 2.35. The first-order valence-corrected chi connectivity index (χ1v) is 6.07. The number of hydrogen-bond donors (Lipinski definition) is 0. The van der Waals surface area contributed by atoms with Gasteiger partial charge in [-0.05, 0) is 6.42 Å². The molecule has 2 rings (SSSR count). The summed E-state index contributed by atoms with van der Waals surface area (Å²) in [6.45, 7) is -0.0852. The second-order valence-electron chi connectivity index (χ2n) is 4.60. The zero-order chi connectivity index (χ0) is 15.7. The fraction of sp³-hybridized carbons (Fsp3) is 0.385. The Labute approximate surface area is 117 Å². The van der Waals surface area contributed by atoms with Gasteiger partial charge in [0.15, 0.2) is 23.3 Å². The predicted octanol–water partition coefficient (Wildman–Crippen LogP) is 1.88. The lowest BCUT2D eigenvalue weighted by Crippen LogP contribution is -2.32. The molecule has 4 nitrogen and oxygen atoms in total. The Hall–Kier alpha value is -2.12. The lowest BCUT2D eigenvalue weighted by molar-refractivity contribution is -0.144. The van der Waals surface area contributed by atoms with E-state index in [-0.39, 0.29) is 25.6 Å². The van der Waals surface area contributed by atoms with Crippen molar-refractivity contribution < 1.29 is 31.9 Å². The number of likely N-dealkylation sites (tertiary alicyclic amines) is 1. The second-order valence-corrected chi connectivity index (χ2v) is 4.60. The maximum Gasteiger partial charge on any atom is 0.310 e. The van der Waals surface area contributed by atoms with Crippen LogP contribution in [0.2, 0.25) is 0 Å². The number of rotatable bonds is 2. The molecule has 1 aromatic carbocycles. The first-order chi connectivity index (χ1) is 9.86. The monoisotopic (exact) mass is 305 g/mol. The van der Waals surface area contributed by atoms with Gasteiger partial charge in [-0.1, -0.05) is 0 Å². The van der Waals surface area contributed by atoms with E-state index in [9.17, 15) is 27.2 Å². The quantitative estimate of drug-likeness (QED) is 0.476. The van der Waals surface area contributed by atoms with Crippen molar-refractivity contribution in [2.24, 2.45) is 5.92 Å². The molecule has 0 aromatic heterocycles. The molecule has 0 bridgehead atoms. The summed E-state index contributed by atoms with van der Waals surface area (Å²) in [4.78, 5) is 24.3. The fourth-order valence-corrected chi connectivity index (χ4v) is 2.22. The van der Waals surface area contributed by atoms with E-state index in [1.807, 2.05) is 0 Å². The molecule has 21 heavy (non-hydrogen) atoms. The second kappa shape index (κ2) is 5.71. The molecule has 8 heteroatoms. The Morgan fingerprint density at radius 3 is 2.29 bits per heavy atom. The molecule has 1 saturated heterocycles. The first-order valence-electron chi connectivity index (χ1n) is 6.07. The zero-order valence-corrected chi connectivity index (χ0v) is 11.0. The lowest BCUT2D eigenvalue weighted by atomic mass is 10.1. The van der Waals surface area contributed by atoms with Crippen molar-refractivity contribution in [2.75, 3.05) is 20.2 Å². The first kappa shape index (κ1) is 15.3. The maximum absolute atomic E-state index is 13.5. The van der Waals surface area contributed by atoms with Gasteiger partial charge in [-0.3, -0.25) is 9.59 Å². The minimum atomic E-state index is -1.75. The number of esters is 1. The average molecular weight is 305 g/mol. The van der Waals surface area contributed by atoms with Crippen molar-refractivity contribution in [1.29, 1.82) is 0 Å². The molecule has 0 saturated carbocycles. The molecule has 0 spiro atoms. The van der Waals surface area contributed by atoms with E-state index in [0.29, 0.717) is 0 Å². The van der Waals surface area contributed by atoms with Crippen molar-refractivity contribution in [3.05, 3.63) is 34.9 Å². The van der Waals surface area contributed by atoms with Crippen LogP contribution in [0, 0.1) is 29.2 Å². The molecule has 0 aliphatic carbocycles. The third-order valence-electron chi connectivity index (χ3n) is 3.34. The highest BCUT2D eigenvalue weighted by atomic mass is 19.2. The van der Waals surface area contributed by atoms with Crippen molar-refractivity contribution in [3.63, 3.8) is 0 Å². The van der Waals surface area contributed by atoms with E-state index in [1.165, 1.54) is 7.11 Å². The van der Waals surface area contributed by atoms with Gasteiger partial charge in [0.1, 0.15) is 5.56 Å². The summed E-state index contributed by atoms with van der Waals surface area (Å²) in [6, 6.07) is 0.0304. The molecule has 0 N–H and O–H groups in total. The molecule has 1 fully saturated rings. The van der Waals surface area contributed by atoms with Crippen LogP contribution in [-0.2, 0) is 9.53 Å². The number of halogens is 4. The van der Waals surface area contributed by atoms with Gasteiger partial charge in [-0.2, -0.15) is 0 Å². The summed E-state index contributed by atoms with van der Waals surface area (Å²) >= 11 is 0. The van der Waals surface area contributed by atoms with E-state index < -0.39 is 46.6 Å². The molecular weight excluding hydrogens is 294 g/mol. The summed E-state index contributed by atoms with van der Waals surface area (Å²) in [5.41, 5.74) is -1.29. The largest absolute Gasteiger partial charge is 0.469 e.